The Bertz CT molecular complexity index is 913. The zero-order chi connectivity index (χ0) is 19.5. The lowest BCUT2D eigenvalue weighted by molar-refractivity contribution is 0.373. The second kappa shape index (κ2) is 8.05. The molecular formula is C23H28N4O. The molecule has 2 aromatic heterocycles. The zero-order valence-corrected chi connectivity index (χ0v) is 16.9. The summed E-state index contributed by atoms with van der Waals surface area (Å²) >= 11 is 0. The number of pyridine rings is 1. The molecule has 0 radical (unpaired) electrons. The van der Waals surface area contributed by atoms with Gasteiger partial charge in [-0.25, -0.2) is 4.98 Å². The van der Waals surface area contributed by atoms with Gasteiger partial charge in [-0.3, -0.25) is 4.68 Å². The summed E-state index contributed by atoms with van der Waals surface area (Å²) in [6, 6.07) is 13.6. The Balaban J connectivity index is 1.52. The van der Waals surface area contributed by atoms with Crippen molar-refractivity contribution in [2.75, 3.05) is 19.1 Å². The number of aromatic nitrogens is 3. The summed E-state index contributed by atoms with van der Waals surface area (Å²) < 4.78 is 7.38. The quantitative estimate of drug-likeness (QED) is 0.650. The molecule has 2 heterocycles. The molecule has 1 saturated carbocycles. The Labute approximate surface area is 167 Å². The fourth-order valence-corrected chi connectivity index (χ4v) is 4.30. The van der Waals surface area contributed by atoms with E-state index >= 15 is 0 Å². The lowest BCUT2D eigenvalue weighted by Crippen LogP contribution is -2.35. The minimum atomic E-state index is 0.500. The maximum Gasteiger partial charge on any atom is 0.237 e. The number of benzene rings is 1. The van der Waals surface area contributed by atoms with E-state index in [4.69, 9.17) is 4.74 Å². The van der Waals surface area contributed by atoms with Crippen molar-refractivity contribution < 1.29 is 4.74 Å². The molecule has 5 heteroatoms. The van der Waals surface area contributed by atoms with E-state index in [0.29, 0.717) is 17.8 Å². The fraction of sp³-hybridized carbons (Fsp3) is 0.391. The van der Waals surface area contributed by atoms with Gasteiger partial charge < -0.3 is 9.64 Å². The van der Waals surface area contributed by atoms with E-state index < -0.39 is 0 Å². The predicted octanol–water partition coefficient (Wildman–Crippen LogP) is 4.65. The standard InChI is InChI=1S/C23H28N4O/c1-26-16-20(15-25-26)19-13-22(23(28-3)24-14-19)27(2)21-11-9-18(10-12-21)17-7-5-4-6-8-17/h4-8,13-16,18,21H,9-12H2,1-3H3/t18-,21+. The molecule has 0 unspecified atom stereocenters. The van der Waals surface area contributed by atoms with Gasteiger partial charge in [0.15, 0.2) is 0 Å². The van der Waals surface area contributed by atoms with Crippen molar-refractivity contribution in [2.24, 2.45) is 7.05 Å². The molecule has 1 fully saturated rings. The first-order valence-corrected chi connectivity index (χ1v) is 9.96. The van der Waals surface area contributed by atoms with Crippen LogP contribution in [-0.4, -0.2) is 35.0 Å². The second-order valence-electron chi connectivity index (χ2n) is 7.68. The average Bonchev–Trinajstić information content (AvgIpc) is 3.20. The van der Waals surface area contributed by atoms with Crippen molar-refractivity contribution in [1.82, 2.24) is 14.8 Å². The fourth-order valence-electron chi connectivity index (χ4n) is 4.30. The third kappa shape index (κ3) is 3.75. The minimum absolute atomic E-state index is 0.500. The van der Waals surface area contributed by atoms with Crippen LogP contribution in [0.2, 0.25) is 0 Å². The van der Waals surface area contributed by atoms with Crippen molar-refractivity contribution in [2.45, 2.75) is 37.6 Å². The molecule has 0 saturated heterocycles. The first-order chi connectivity index (χ1) is 13.7. The van der Waals surface area contributed by atoms with Crippen LogP contribution in [0.3, 0.4) is 0 Å². The van der Waals surface area contributed by atoms with Crippen LogP contribution < -0.4 is 9.64 Å². The first kappa shape index (κ1) is 18.5. The van der Waals surface area contributed by atoms with E-state index in [1.54, 1.807) is 7.11 Å². The van der Waals surface area contributed by atoms with Gasteiger partial charge in [0.25, 0.3) is 0 Å². The van der Waals surface area contributed by atoms with Crippen LogP contribution in [-0.2, 0) is 7.05 Å². The lowest BCUT2D eigenvalue weighted by Gasteiger charge is -2.36. The molecule has 5 nitrogen and oxygen atoms in total. The average molecular weight is 377 g/mol. The van der Waals surface area contributed by atoms with Crippen molar-refractivity contribution in [3.05, 3.63) is 60.6 Å². The molecule has 0 N–H and O–H groups in total. The second-order valence-corrected chi connectivity index (χ2v) is 7.68. The van der Waals surface area contributed by atoms with Crippen LogP contribution in [0.5, 0.6) is 5.88 Å². The van der Waals surface area contributed by atoms with Gasteiger partial charge in [0.05, 0.1) is 13.3 Å². The summed E-state index contributed by atoms with van der Waals surface area (Å²) in [5.41, 5.74) is 4.65. The van der Waals surface area contributed by atoms with E-state index in [0.717, 1.165) is 16.8 Å². The van der Waals surface area contributed by atoms with Gasteiger partial charge in [-0.05, 0) is 43.2 Å². The maximum atomic E-state index is 5.57. The SMILES string of the molecule is COc1ncc(-c2cnn(C)c2)cc1N(C)[C@H]1CC[C@@H](c2ccccc2)CC1. The highest BCUT2D eigenvalue weighted by molar-refractivity contribution is 5.69. The van der Waals surface area contributed by atoms with Gasteiger partial charge in [-0.2, -0.15) is 5.10 Å². The lowest BCUT2D eigenvalue weighted by atomic mass is 9.81. The van der Waals surface area contributed by atoms with E-state index in [2.05, 4.69) is 58.4 Å². The number of methoxy groups -OCH3 is 1. The van der Waals surface area contributed by atoms with E-state index in [9.17, 15) is 0 Å². The van der Waals surface area contributed by atoms with Crippen molar-refractivity contribution >= 4 is 5.69 Å². The highest BCUT2D eigenvalue weighted by atomic mass is 16.5. The van der Waals surface area contributed by atoms with Crippen molar-refractivity contribution in [3.8, 4) is 17.0 Å². The number of rotatable bonds is 5. The molecule has 1 aliphatic carbocycles. The van der Waals surface area contributed by atoms with E-state index in [1.165, 1.54) is 31.2 Å². The molecule has 1 aliphatic rings. The maximum absolute atomic E-state index is 5.57. The van der Waals surface area contributed by atoms with Crippen LogP contribution in [0.25, 0.3) is 11.1 Å². The molecule has 146 valence electrons. The Kier molecular flexibility index (Phi) is 5.33. The summed E-state index contributed by atoms with van der Waals surface area (Å²) in [6.07, 6.45) is 10.5. The van der Waals surface area contributed by atoms with Crippen LogP contribution in [0.4, 0.5) is 5.69 Å². The largest absolute Gasteiger partial charge is 0.480 e. The number of aryl methyl sites for hydroxylation is 1. The topological polar surface area (TPSA) is 43.2 Å². The third-order valence-electron chi connectivity index (χ3n) is 5.96. The number of nitrogens with zero attached hydrogens (tertiary/aromatic N) is 4. The molecule has 0 spiro atoms. The van der Waals surface area contributed by atoms with Crippen molar-refractivity contribution in [1.29, 1.82) is 0 Å². The minimum Gasteiger partial charge on any atom is -0.480 e. The van der Waals surface area contributed by atoms with Gasteiger partial charge in [-0.15, -0.1) is 0 Å². The summed E-state index contributed by atoms with van der Waals surface area (Å²) in [7, 11) is 5.79. The van der Waals surface area contributed by atoms with Crippen LogP contribution in [0, 0.1) is 0 Å². The molecule has 4 rings (SSSR count). The zero-order valence-electron chi connectivity index (χ0n) is 16.9. The van der Waals surface area contributed by atoms with Gasteiger partial charge in [0, 0.05) is 43.7 Å². The highest BCUT2D eigenvalue weighted by Gasteiger charge is 2.27. The van der Waals surface area contributed by atoms with E-state index in [-0.39, 0.29) is 0 Å². The summed E-state index contributed by atoms with van der Waals surface area (Å²) in [5, 5.41) is 4.28. The molecule has 3 aromatic rings. The first-order valence-electron chi connectivity index (χ1n) is 9.96. The number of ether oxygens (including phenoxy) is 1. The highest BCUT2D eigenvalue weighted by Crippen LogP contribution is 2.38. The molecule has 1 aromatic carbocycles. The third-order valence-corrected chi connectivity index (χ3v) is 5.96. The number of hydrogen-bond acceptors (Lipinski definition) is 4. The van der Waals surface area contributed by atoms with E-state index in [1.807, 2.05) is 30.3 Å². The molecular weight excluding hydrogens is 348 g/mol. The molecule has 0 bridgehead atoms. The summed E-state index contributed by atoms with van der Waals surface area (Å²) in [5.74, 6) is 1.35. The van der Waals surface area contributed by atoms with Gasteiger partial charge in [0.2, 0.25) is 5.88 Å². The van der Waals surface area contributed by atoms with Crippen LogP contribution >= 0.6 is 0 Å². The number of anilines is 1. The number of hydrogen-bond donors (Lipinski definition) is 0. The Morgan fingerprint density at radius 1 is 1.04 bits per heavy atom. The smallest absolute Gasteiger partial charge is 0.237 e. The monoisotopic (exact) mass is 376 g/mol. The molecule has 0 atom stereocenters. The van der Waals surface area contributed by atoms with Gasteiger partial charge in [-0.1, -0.05) is 30.3 Å². The van der Waals surface area contributed by atoms with Gasteiger partial charge >= 0.3 is 0 Å². The Morgan fingerprint density at radius 3 is 2.43 bits per heavy atom. The van der Waals surface area contributed by atoms with Crippen molar-refractivity contribution in [3.63, 3.8) is 0 Å². The van der Waals surface area contributed by atoms with Crippen LogP contribution in [0.15, 0.2) is 55.0 Å². The van der Waals surface area contributed by atoms with Gasteiger partial charge in [0.1, 0.15) is 5.69 Å². The molecule has 0 amide bonds. The predicted molar refractivity (Wildman–Crippen MR) is 113 cm³/mol. The Morgan fingerprint density at radius 2 is 1.79 bits per heavy atom. The Hall–Kier alpha value is -2.82. The molecule has 0 aliphatic heterocycles. The summed E-state index contributed by atoms with van der Waals surface area (Å²) in [6.45, 7) is 0. The van der Waals surface area contributed by atoms with Crippen LogP contribution in [0.1, 0.15) is 37.2 Å². The normalized spacial score (nSPS) is 19.4. The summed E-state index contributed by atoms with van der Waals surface area (Å²) in [4.78, 5) is 6.91. The molecule has 28 heavy (non-hydrogen) atoms.